The maximum Gasteiger partial charge on any atom is 0.239 e. The van der Waals surface area contributed by atoms with Crippen LogP contribution in [0.4, 0.5) is 5.69 Å². The molecule has 132 valence electrons. The Morgan fingerprint density at radius 2 is 1.68 bits per heavy atom. The number of hydrogen-bond acceptors (Lipinski definition) is 5. The van der Waals surface area contributed by atoms with Gasteiger partial charge in [0, 0.05) is 30.2 Å². The van der Waals surface area contributed by atoms with Crippen molar-refractivity contribution in [3.63, 3.8) is 0 Å². The van der Waals surface area contributed by atoms with Gasteiger partial charge in [0.25, 0.3) is 0 Å². The number of nitrogens with zero attached hydrogens (tertiary/aromatic N) is 2. The van der Waals surface area contributed by atoms with Gasteiger partial charge < -0.3 is 5.32 Å². The van der Waals surface area contributed by atoms with Crippen LogP contribution in [0.25, 0.3) is 0 Å². The lowest BCUT2D eigenvalue weighted by Crippen LogP contribution is -2.36. The second-order valence-electron chi connectivity index (χ2n) is 5.57. The van der Waals surface area contributed by atoms with E-state index in [4.69, 9.17) is 0 Å². The van der Waals surface area contributed by atoms with E-state index in [0.717, 1.165) is 16.1 Å². The fourth-order valence-corrected chi connectivity index (χ4v) is 2.87. The molecule has 2 aromatic rings. The minimum absolute atomic E-state index is 0.0709. The lowest BCUT2D eigenvalue weighted by Gasteiger charge is -2.19. The normalized spacial score (nSPS) is 11.3. The van der Waals surface area contributed by atoms with Gasteiger partial charge in [0.1, 0.15) is 0 Å². The van der Waals surface area contributed by atoms with Crippen LogP contribution in [0.3, 0.4) is 0 Å². The van der Waals surface area contributed by atoms with Gasteiger partial charge in [-0.2, -0.15) is 4.31 Å². The molecule has 1 aromatic heterocycles. The van der Waals surface area contributed by atoms with E-state index in [1.807, 2.05) is 0 Å². The highest BCUT2D eigenvalue weighted by Crippen LogP contribution is 2.12. The number of sulfonamides is 1. The third-order valence-corrected chi connectivity index (χ3v) is 4.67. The SMILES string of the molecule is CC(=O)c1ccc(NC(=O)CN(Cc2ccncc2)S(C)(=O)=O)cc1. The standard InChI is InChI=1S/C17H19N3O4S/c1-13(21)15-3-5-16(6-4-15)19-17(22)12-20(25(2,23)24)11-14-7-9-18-10-8-14/h3-10H,11-12H2,1-2H3,(H,19,22). The summed E-state index contributed by atoms with van der Waals surface area (Å²) in [4.78, 5) is 27.3. The number of rotatable bonds is 7. The van der Waals surface area contributed by atoms with Crippen molar-refractivity contribution < 1.29 is 18.0 Å². The fraction of sp³-hybridized carbons (Fsp3) is 0.235. The van der Waals surface area contributed by atoms with Gasteiger partial charge in [0.15, 0.2) is 5.78 Å². The van der Waals surface area contributed by atoms with Crippen molar-refractivity contribution in [2.75, 3.05) is 18.1 Å². The summed E-state index contributed by atoms with van der Waals surface area (Å²) >= 11 is 0. The minimum atomic E-state index is -3.56. The zero-order valence-corrected chi connectivity index (χ0v) is 14.8. The number of Topliss-reactive ketones (excluding diaryl/α,β-unsaturated/α-hetero) is 1. The second kappa shape index (κ2) is 8.00. The number of hydrogen-bond donors (Lipinski definition) is 1. The molecule has 0 saturated heterocycles. The van der Waals surface area contributed by atoms with Crippen LogP contribution in [-0.4, -0.2) is 42.2 Å². The maximum absolute atomic E-state index is 12.2. The molecule has 1 amide bonds. The van der Waals surface area contributed by atoms with Crippen molar-refractivity contribution in [2.24, 2.45) is 0 Å². The predicted molar refractivity (Wildman–Crippen MR) is 94.6 cm³/mol. The molecule has 0 unspecified atom stereocenters. The highest BCUT2D eigenvalue weighted by molar-refractivity contribution is 7.88. The Morgan fingerprint density at radius 3 is 2.20 bits per heavy atom. The number of carbonyl (C=O) groups excluding carboxylic acids is 2. The molecule has 0 bridgehead atoms. The molecule has 25 heavy (non-hydrogen) atoms. The number of anilines is 1. The Labute approximate surface area is 146 Å². The van der Waals surface area contributed by atoms with E-state index in [0.29, 0.717) is 11.3 Å². The van der Waals surface area contributed by atoms with Gasteiger partial charge in [-0.05, 0) is 48.9 Å². The monoisotopic (exact) mass is 361 g/mol. The molecule has 0 aliphatic carbocycles. The summed E-state index contributed by atoms with van der Waals surface area (Å²) in [5.41, 5.74) is 1.76. The topological polar surface area (TPSA) is 96.4 Å². The zero-order chi connectivity index (χ0) is 18.4. The maximum atomic E-state index is 12.2. The first-order valence-corrected chi connectivity index (χ1v) is 9.35. The van der Waals surface area contributed by atoms with E-state index in [2.05, 4.69) is 10.3 Å². The third-order valence-electron chi connectivity index (χ3n) is 3.47. The van der Waals surface area contributed by atoms with E-state index >= 15 is 0 Å². The number of carbonyl (C=O) groups is 2. The minimum Gasteiger partial charge on any atom is -0.325 e. The molecule has 2 rings (SSSR count). The molecule has 0 aliphatic rings. The molecule has 0 atom stereocenters. The van der Waals surface area contributed by atoms with Crippen molar-refractivity contribution in [2.45, 2.75) is 13.5 Å². The van der Waals surface area contributed by atoms with Crippen LogP contribution in [0.1, 0.15) is 22.8 Å². The summed E-state index contributed by atoms with van der Waals surface area (Å²) in [6.07, 6.45) is 4.18. The van der Waals surface area contributed by atoms with Crippen molar-refractivity contribution in [1.82, 2.24) is 9.29 Å². The van der Waals surface area contributed by atoms with Crippen molar-refractivity contribution in [3.05, 3.63) is 59.9 Å². The van der Waals surface area contributed by atoms with Gasteiger partial charge in [-0.15, -0.1) is 0 Å². The molecule has 1 heterocycles. The summed E-state index contributed by atoms with van der Waals surface area (Å²) in [5, 5.41) is 2.63. The van der Waals surface area contributed by atoms with Gasteiger partial charge >= 0.3 is 0 Å². The first-order chi connectivity index (χ1) is 11.8. The van der Waals surface area contributed by atoms with Crippen LogP contribution >= 0.6 is 0 Å². The molecule has 0 spiro atoms. The number of amides is 1. The molecule has 7 nitrogen and oxygen atoms in total. The first kappa shape index (κ1) is 18.8. The number of nitrogens with one attached hydrogen (secondary N) is 1. The van der Waals surface area contributed by atoms with Crippen LogP contribution < -0.4 is 5.32 Å². The lowest BCUT2D eigenvalue weighted by molar-refractivity contribution is -0.116. The van der Waals surface area contributed by atoms with Gasteiger partial charge in [0.05, 0.1) is 12.8 Å². The van der Waals surface area contributed by atoms with Crippen LogP contribution in [-0.2, 0) is 21.4 Å². The summed E-state index contributed by atoms with van der Waals surface area (Å²) < 4.78 is 25.0. The Kier molecular flexibility index (Phi) is 6.00. The largest absolute Gasteiger partial charge is 0.325 e. The smallest absolute Gasteiger partial charge is 0.239 e. The number of ketones is 1. The second-order valence-corrected chi connectivity index (χ2v) is 7.55. The van der Waals surface area contributed by atoms with Gasteiger partial charge in [-0.25, -0.2) is 8.42 Å². The number of pyridine rings is 1. The molecule has 1 aromatic carbocycles. The number of benzene rings is 1. The summed E-state index contributed by atoms with van der Waals surface area (Å²) in [6, 6.07) is 9.78. The molecule has 1 N–H and O–H groups in total. The van der Waals surface area contributed by atoms with E-state index in [-0.39, 0.29) is 18.9 Å². The van der Waals surface area contributed by atoms with Gasteiger partial charge in [0.2, 0.25) is 15.9 Å². The Hall–Kier alpha value is -2.58. The third kappa shape index (κ3) is 5.77. The molecule has 0 saturated carbocycles. The van der Waals surface area contributed by atoms with Gasteiger partial charge in [-0.1, -0.05) is 0 Å². The Morgan fingerprint density at radius 1 is 1.08 bits per heavy atom. The summed E-state index contributed by atoms with van der Waals surface area (Å²) in [7, 11) is -3.56. The average Bonchev–Trinajstić information content (AvgIpc) is 2.55. The Bertz CT molecular complexity index is 849. The summed E-state index contributed by atoms with van der Waals surface area (Å²) in [6.45, 7) is 1.23. The van der Waals surface area contributed by atoms with E-state index in [1.165, 1.54) is 6.92 Å². The molecule has 8 heteroatoms. The molecule has 0 aliphatic heterocycles. The lowest BCUT2D eigenvalue weighted by atomic mass is 10.1. The van der Waals surface area contributed by atoms with Crippen molar-refractivity contribution in [3.8, 4) is 0 Å². The highest BCUT2D eigenvalue weighted by Gasteiger charge is 2.20. The molecule has 0 radical (unpaired) electrons. The quantitative estimate of drug-likeness (QED) is 0.757. The van der Waals surface area contributed by atoms with Crippen LogP contribution in [0.5, 0.6) is 0 Å². The first-order valence-electron chi connectivity index (χ1n) is 7.50. The van der Waals surface area contributed by atoms with Crippen molar-refractivity contribution >= 4 is 27.4 Å². The zero-order valence-electron chi connectivity index (χ0n) is 14.0. The van der Waals surface area contributed by atoms with Crippen LogP contribution in [0.2, 0.25) is 0 Å². The molecule has 0 fully saturated rings. The van der Waals surface area contributed by atoms with E-state index in [1.54, 1.807) is 48.8 Å². The van der Waals surface area contributed by atoms with E-state index < -0.39 is 15.9 Å². The molecular formula is C17H19N3O4S. The summed E-state index contributed by atoms with van der Waals surface area (Å²) in [5.74, 6) is -0.534. The number of aromatic nitrogens is 1. The van der Waals surface area contributed by atoms with Crippen LogP contribution in [0.15, 0.2) is 48.8 Å². The van der Waals surface area contributed by atoms with E-state index in [9.17, 15) is 18.0 Å². The fourth-order valence-electron chi connectivity index (χ4n) is 2.13. The van der Waals surface area contributed by atoms with Crippen LogP contribution in [0, 0.1) is 0 Å². The predicted octanol–water partition coefficient (Wildman–Crippen LogP) is 1.68. The highest BCUT2D eigenvalue weighted by atomic mass is 32.2. The van der Waals surface area contributed by atoms with Crippen molar-refractivity contribution in [1.29, 1.82) is 0 Å². The Balaban J connectivity index is 2.05. The van der Waals surface area contributed by atoms with Gasteiger partial charge in [-0.3, -0.25) is 14.6 Å². The average molecular weight is 361 g/mol. The molecular weight excluding hydrogens is 342 g/mol.